The molecule has 2 aromatic carbocycles. The summed E-state index contributed by atoms with van der Waals surface area (Å²) in [5.41, 5.74) is -1.43. The van der Waals surface area contributed by atoms with Crippen LogP contribution < -0.4 is 14.8 Å². The average Bonchev–Trinajstić information content (AvgIpc) is 3.00. The molecule has 0 atom stereocenters. The van der Waals surface area contributed by atoms with Gasteiger partial charge in [0.2, 0.25) is 5.75 Å². The Hall–Kier alpha value is -3.12. The van der Waals surface area contributed by atoms with Crippen molar-refractivity contribution < 1.29 is 32.4 Å². The molecule has 7 nitrogen and oxygen atoms in total. The summed E-state index contributed by atoms with van der Waals surface area (Å²) in [5, 5.41) is 13.8. The second kappa shape index (κ2) is 8.94. The zero-order valence-electron chi connectivity index (χ0n) is 15.7. The summed E-state index contributed by atoms with van der Waals surface area (Å²) < 4.78 is 50.0. The number of nitrogens with zero attached hydrogens (tertiary/aromatic N) is 1. The zero-order valence-corrected chi connectivity index (χ0v) is 17.3. The standard InChI is InChI=1S/C19H13F3N2O5S2/c1-2-28-15-7-10(8-16-17(25)23-18(30)31-16)3-5-14(15)29-13-6-4-11(19(20,21)22)9-12(13)24(26)27/h3-9H,2H2,1H3,(H,23,25,30)/b16-8-. The topological polar surface area (TPSA) is 90.7 Å². The van der Waals surface area contributed by atoms with Gasteiger partial charge in [0.1, 0.15) is 4.32 Å². The summed E-state index contributed by atoms with van der Waals surface area (Å²) in [7, 11) is 0. The van der Waals surface area contributed by atoms with E-state index in [9.17, 15) is 28.1 Å². The Labute approximate surface area is 183 Å². The van der Waals surface area contributed by atoms with E-state index in [-0.39, 0.29) is 29.8 Å². The number of alkyl halides is 3. The van der Waals surface area contributed by atoms with Crippen molar-refractivity contribution in [3.63, 3.8) is 0 Å². The van der Waals surface area contributed by atoms with Crippen molar-refractivity contribution in [3.8, 4) is 17.2 Å². The van der Waals surface area contributed by atoms with Crippen molar-refractivity contribution in [2.45, 2.75) is 13.1 Å². The van der Waals surface area contributed by atoms with E-state index >= 15 is 0 Å². The van der Waals surface area contributed by atoms with Gasteiger partial charge in [0.15, 0.2) is 11.5 Å². The van der Waals surface area contributed by atoms with Gasteiger partial charge >= 0.3 is 11.9 Å². The maximum absolute atomic E-state index is 12.9. The summed E-state index contributed by atoms with van der Waals surface area (Å²) in [4.78, 5) is 22.5. The van der Waals surface area contributed by atoms with Crippen LogP contribution in [-0.2, 0) is 11.0 Å². The first-order chi connectivity index (χ1) is 14.6. The fraction of sp³-hybridized carbons (Fsp3) is 0.158. The maximum Gasteiger partial charge on any atom is 0.416 e. The first-order valence-corrected chi connectivity index (χ1v) is 9.86. The normalized spacial score (nSPS) is 15.2. The molecule has 1 aliphatic heterocycles. The SMILES string of the molecule is CCOc1cc(/C=C2\SC(=S)NC2=O)ccc1Oc1ccc(C(F)(F)F)cc1[N+](=O)[O-]. The summed E-state index contributed by atoms with van der Waals surface area (Å²) in [6, 6.07) is 6.53. The van der Waals surface area contributed by atoms with E-state index in [0.717, 1.165) is 17.8 Å². The summed E-state index contributed by atoms with van der Waals surface area (Å²) in [6.45, 7) is 1.93. The molecule has 0 aromatic heterocycles. The number of nitro benzene ring substituents is 1. The lowest BCUT2D eigenvalue weighted by Gasteiger charge is -2.13. The molecular weight excluding hydrogens is 457 g/mol. The minimum Gasteiger partial charge on any atom is -0.490 e. The molecule has 1 fully saturated rings. The number of benzene rings is 2. The third-order valence-corrected chi connectivity index (χ3v) is 5.07. The van der Waals surface area contributed by atoms with Crippen LogP contribution in [0.1, 0.15) is 18.1 Å². The molecule has 1 N–H and O–H groups in total. The minimum absolute atomic E-state index is 0.0610. The lowest BCUT2D eigenvalue weighted by atomic mass is 10.1. The summed E-state index contributed by atoms with van der Waals surface area (Å²) >= 11 is 6.03. The third-order valence-electron chi connectivity index (χ3n) is 3.91. The predicted octanol–water partition coefficient (Wildman–Crippen LogP) is 5.29. The number of amides is 1. The quantitative estimate of drug-likeness (QED) is 0.265. The molecular formula is C19H13F3N2O5S2. The number of ether oxygens (including phenoxy) is 2. The van der Waals surface area contributed by atoms with Crippen LogP contribution in [0.5, 0.6) is 17.2 Å². The average molecular weight is 470 g/mol. The smallest absolute Gasteiger partial charge is 0.416 e. The molecule has 1 amide bonds. The van der Waals surface area contributed by atoms with Crippen molar-refractivity contribution in [1.29, 1.82) is 0 Å². The maximum atomic E-state index is 12.9. The number of nitro groups is 1. The highest BCUT2D eigenvalue weighted by molar-refractivity contribution is 8.26. The van der Waals surface area contributed by atoms with Crippen molar-refractivity contribution in [2.75, 3.05) is 6.61 Å². The van der Waals surface area contributed by atoms with E-state index in [1.54, 1.807) is 19.1 Å². The van der Waals surface area contributed by atoms with Crippen LogP contribution in [0.2, 0.25) is 0 Å². The fourth-order valence-electron chi connectivity index (χ4n) is 2.58. The molecule has 0 bridgehead atoms. The zero-order chi connectivity index (χ0) is 22.8. The monoisotopic (exact) mass is 470 g/mol. The van der Waals surface area contributed by atoms with Crippen LogP contribution in [0.25, 0.3) is 6.08 Å². The Morgan fingerprint density at radius 2 is 1.90 bits per heavy atom. The molecule has 3 rings (SSSR count). The van der Waals surface area contributed by atoms with Gasteiger partial charge in [-0.25, -0.2) is 0 Å². The lowest BCUT2D eigenvalue weighted by Crippen LogP contribution is -2.17. The van der Waals surface area contributed by atoms with Gasteiger partial charge in [-0.3, -0.25) is 14.9 Å². The van der Waals surface area contributed by atoms with Crippen molar-refractivity contribution >= 4 is 46.0 Å². The number of hydrogen-bond donors (Lipinski definition) is 1. The van der Waals surface area contributed by atoms with Crippen LogP contribution in [0, 0.1) is 10.1 Å². The summed E-state index contributed by atoms with van der Waals surface area (Å²) in [6.07, 6.45) is -3.16. The first kappa shape index (κ1) is 22.6. The van der Waals surface area contributed by atoms with Crippen molar-refractivity contribution in [1.82, 2.24) is 5.32 Å². The Morgan fingerprint density at radius 1 is 1.19 bits per heavy atom. The minimum atomic E-state index is -4.73. The number of hydrogen-bond acceptors (Lipinski definition) is 7. The number of carbonyl (C=O) groups excluding carboxylic acids is 1. The van der Waals surface area contributed by atoms with Gasteiger partial charge in [-0.2, -0.15) is 13.2 Å². The van der Waals surface area contributed by atoms with Crippen LogP contribution in [-0.4, -0.2) is 21.8 Å². The van der Waals surface area contributed by atoms with Crippen LogP contribution in [0.15, 0.2) is 41.3 Å². The van der Waals surface area contributed by atoms with Gasteiger partial charge in [-0.05, 0) is 42.8 Å². The summed E-state index contributed by atoms with van der Waals surface area (Å²) in [5.74, 6) is -0.460. The molecule has 0 saturated carbocycles. The number of nitrogens with one attached hydrogen (secondary N) is 1. The molecule has 12 heteroatoms. The number of halogens is 3. The number of thioether (sulfide) groups is 1. The first-order valence-electron chi connectivity index (χ1n) is 8.63. The third kappa shape index (κ3) is 5.33. The highest BCUT2D eigenvalue weighted by atomic mass is 32.2. The molecule has 0 aliphatic carbocycles. The molecule has 1 saturated heterocycles. The molecule has 31 heavy (non-hydrogen) atoms. The van der Waals surface area contributed by atoms with Gasteiger partial charge in [0, 0.05) is 6.07 Å². The Bertz CT molecular complexity index is 1100. The molecule has 2 aromatic rings. The number of carbonyl (C=O) groups is 1. The fourth-order valence-corrected chi connectivity index (χ4v) is 3.62. The molecule has 1 heterocycles. The Balaban J connectivity index is 1.96. The Kier molecular flexibility index (Phi) is 6.51. The predicted molar refractivity (Wildman–Crippen MR) is 112 cm³/mol. The van der Waals surface area contributed by atoms with Gasteiger partial charge < -0.3 is 14.8 Å². The molecule has 0 spiro atoms. The van der Waals surface area contributed by atoms with E-state index in [1.165, 1.54) is 12.1 Å². The van der Waals surface area contributed by atoms with E-state index in [0.29, 0.717) is 26.9 Å². The van der Waals surface area contributed by atoms with E-state index in [2.05, 4.69) is 5.32 Å². The van der Waals surface area contributed by atoms with Crippen LogP contribution >= 0.6 is 24.0 Å². The van der Waals surface area contributed by atoms with Crippen LogP contribution in [0.4, 0.5) is 18.9 Å². The second-order valence-corrected chi connectivity index (χ2v) is 7.75. The molecule has 0 radical (unpaired) electrons. The van der Waals surface area contributed by atoms with Crippen molar-refractivity contribution in [3.05, 3.63) is 62.5 Å². The van der Waals surface area contributed by atoms with E-state index < -0.39 is 22.4 Å². The van der Waals surface area contributed by atoms with Gasteiger partial charge in [-0.15, -0.1) is 0 Å². The second-order valence-electron chi connectivity index (χ2n) is 6.03. The van der Waals surface area contributed by atoms with Crippen LogP contribution in [0.3, 0.4) is 0 Å². The highest BCUT2D eigenvalue weighted by Crippen LogP contribution is 2.40. The Morgan fingerprint density at radius 3 is 2.48 bits per heavy atom. The molecule has 1 aliphatic rings. The lowest BCUT2D eigenvalue weighted by molar-refractivity contribution is -0.385. The molecule has 0 unspecified atom stereocenters. The van der Waals surface area contributed by atoms with Gasteiger partial charge in [-0.1, -0.05) is 30.0 Å². The van der Waals surface area contributed by atoms with E-state index in [4.69, 9.17) is 21.7 Å². The number of rotatable bonds is 6. The molecule has 162 valence electrons. The van der Waals surface area contributed by atoms with Gasteiger partial charge in [0.05, 0.1) is 22.0 Å². The van der Waals surface area contributed by atoms with Gasteiger partial charge in [0.25, 0.3) is 5.91 Å². The number of thiocarbonyl (C=S) groups is 1. The van der Waals surface area contributed by atoms with E-state index in [1.807, 2.05) is 0 Å². The highest BCUT2D eigenvalue weighted by Gasteiger charge is 2.33. The van der Waals surface area contributed by atoms with Crippen molar-refractivity contribution in [2.24, 2.45) is 0 Å². The largest absolute Gasteiger partial charge is 0.490 e.